The second kappa shape index (κ2) is 9.90. The largest absolute Gasteiger partial charge is 0.492 e. The summed E-state index contributed by atoms with van der Waals surface area (Å²) in [5.41, 5.74) is 2.65. The lowest BCUT2D eigenvalue weighted by Crippen LogP contribution is -2.29. The van der Waals surface area contributed by atoms with Crippen LogP contribution in [0.2, 0.25) is 0 Å². The molecule has 1 fully saturated rings. The van der Waals surface area contributed by atoms with E-state index in [-0.39, 0.29) is 5.92 Å². The maximum Gasteiger partial charge on any atom is 0.119 e. The zero-order valence-electron chi connectivity index (χ0n) is 16.4. The second-order valence-electron chi connectivity index (χ2n) is 7.53. The first kappa shape index (κ1) is 19.2. The topological polar surface area (TPSA) is 12.5 Å². The lowest BCUT2D eigenvalue weighted by molar-refractivity contribution is 0.214. The summed E-state index contributed by atoms with van der Waals surface area (Å²) in [7, 11) is 0. The van der Waals surface area contributed by atoms with E-state index in [0.717, 1.165) is 18.9 Å². The zero-order chi connectivity index (χ0) is 19.0. The number of ether oxygens (including phenoxy) is 1. The first-order valence-electron chi connectivity index (χ1n) is 10.4. The van der Waals surface area contributed by atoms with Gasteiger partial charge in [0, 0.05) is 17.3 Å². The van der Waals surface area contributed by atoms with Gasteiger partial charge in [0.15, 0.2) is 0 Å². The summed E-state index contributed by atoms with van der Waals surface area (Å²) in [6, 6.07) is 23.8. The first-order valence-corrected chi connectivity index (χ1v) is 11.3. The Morgan fingerprint density at radius 2 is 1.50 bits per heavy atom. The van der Waals surface area contributed by atoms with Gasteiger partial charge in [-0.2, -0.15) is 0 Å². The number of hydrogen-bond donors (Lipinski definition) is 0. The molecule has 1 atom stereocenters. The van der Waals surface area contributed by atoms with Crippen molar-refractivity contribution in [1.29, 1.82) is 0 Å². The van der Waals surface area contributed by atoms with Crippen LogP contribution in [0.5, 0.6) is 5.75 Å². The van der Waals surface area contributed by atoms with E-state index in [0.29, 0.717) is 0 Å². The minimum absolute atomic E-state index is 0.285. The number of likely N-dealkylation sites (tertiary alicyclic amines) is 1. The van der Waals surface area contributed by atoms with Gasteiger partial charge in [0.25, 0.3) is 0 Å². The van der Waals surface area contributed by atoms with E-state index in [4.69, 9.17) is 4.74 Å². The lowest BCUT2D eigenvalue weighted by Gasteiger charge is -2.20. The van der Waals surface area contributed by atoms with Gasteiger partial charge in [-0.1, -0.05) is 61.4 Å². The highest BCUT2D eigenvalue weighted by atomic mass is 32.1. The van der Waals surface area contributed by atoms with Crippen LogP contribution in [0.15, 0.2) is 72.1 Å². The second-order valence-corrected chi connectivity index (χ2v) is 8.51. The summed E-state index contributed by atoms with van der Waals surface area (Å²) in [6.07, 6.45) is 5.42. The number of nitrogens with zero attached hydrogens (tertiary/aromatic N) is 1. The van der Waals surface area contributed by atoms with Gasteiger partial charge in [-0.15, -0.1) is 11.3 Å². The average molecular weight is 392 g/mol. The molecule has 3 aromatic rings. The Balaban J connectivity index is 1.41. The van der Waals surface area contributed by atoms with Crippen molar-refractivity contribution in [2.45, 2.75) is 31.6 Å². The fraction of sp³-hybridized carbons (Fsp3) is 0.360. The molecule has 2 heterocycles. The molecule has 0 amide bonds. The highest BCUT2D eigenvalue weighted by Gasteiger charge is 2.17. The molecule has 2 nitrogen and oxygen atoms in total. The molecule has 0 spiro atoms. The predicted molar refractivity (Wildman–Crippen MR) is 119 cm³/mol. The van der Waals surface area contributed by atoms with Gasteiger partial charge in [-0.25, -0.2) is 0 Å². The van der Waals surface area contributed by atoms with Crippen molar-refractivity contribution in [3.63, 3.8) is 0 Å². The highest BCUT2D eigenvalue weighted by molar-refractivity contribution is 7.10. The summed E-state index contributed by atoms with van der Waals surface area (Å²) in [4.78, 5) is 3.92. The maximum atomic E-state index is 6.04. The van der Waals surface area contributed by atoms with Crippen LogP contribution in [0.3, 0.4) is 0 Å². The summed E-state index contributed by atoms with van der Waals surface area (Å²) < 4.78 is 6.04. The van der Waals surface area contributed by atoms with E-state index in [1.165, 1.54) is 54.8 Å². The molecule has 0 radical (unpaired) electrons. The molecule has 146 valence electrons. The van der Waals surface area contributed by atoms with Crippen LogP contribution in [0.4, 0.5) is 0 Å². The Bertz CT molecular complexity index is 806. The van der Waals surface area contributed by atoms with Crippen LogP contribution in [0, 0.1) is 0 Å². The number of thiophene rings is 1. The van der Waals surface area contributed by atoms with Gasteiger partial charge in [-0.05, 0) is 60.6 Å². The number of hydrogen-bond acceptors (Lipinski definition) is 3. The van der Waals surface area contributed by atoms with E-state index < -0.39 is 0 Å². The fourth-order valence-corrected chi connectivity index (χ4v) is 4.91. The van der Waals surface area contributed by atoms with Gasteiger partial charge < -0.3 is 4.74 Å². The summed E-state index contributed by atoms with van der Waals surface area (Å²) in [5.74, 6) is 1.25. The Morgan fingerprint density at radius 1 is 0.786 bits per heavy atom. The summed E-state index contributed by atoms with van der Waals surface area (Å²) in [6.45, 7) is 4.25. The van der Waals surface area contributed by atoms with E-state index in [1.54, 1.807) is 0 Å². The molecular formula is C25H29NOS. The molecule has 1 aliphatic rings. The van der Waals surface area contributed by atoms with Gasteiger partial charge in [0.05, 0.1) is 0 Å². The molecule has 3 heteroatoms. The maximum absolute atomic E-state index is 6.04. The first-order chi connectivity index (χ1) is 13.9. The van der Waals surface area contributed by atoms with E-state index in [2.05, 4.69) is 77.0 Å². The average Bonchev–Trinajstić information content (AvgIpc) is 3.13. The van der Waals surface area contributed by atoms with Crippen LogP contribution in [-0.2, 0) is 0 Å². The minimum Gasteiger partial charge on any atom is -0.492 e. The third kappa shape index (κ3) is 5.03. The molecule has 1 aliphatic heterocycles. The molecule has 2 aromatic carbocycles. The SMILES string of the molecule is c1ccc([C@H](c2ccc(OCCN3CCCCCC3)cc2)c2cccs2)cc1. The lowest BCUT2D eigenvalue weighted by atomic mass is 9.90. The number of benzene rings is 2. The van der Waals surface area contributed by atoms with Crippen molar-refractivity contribution >= 4 is 11.3 Å². The van der Waals surface area contributed by atoms with Crippen molar-refractivity contribution in [1.82, 2.24) is 4.90 Å². The standard InChI is InChI=1S/C25H29NOS/c1-2-7-17-26(16-6-1)18-19-27-23-14-12-22(13-15-23)25(24-11-8-20-28-24)21-9-4-3-5-10-21/h3-5,8-15,20,25H,1-2,6-7,16-19H2/t25-/m1/s1. The quantitative estimate of drug-likeness (QED) is 0.476. The molecule has 0 saturated carbocycles. The molecular weight excluding hydrogens is 362 g/mol. The van der Waals surface area contributed by atoms with Crippen LogP contribution >= 0.6 is 11.3 Å². The fourth-order valence-electron chi connectivity index (χ4n) is 4.03. The van der Waals surface area contributed by atoms with Crippen molar-refractivity contribution in [3.05, 3.63) is 88.1 Å². The molecule has 1 saturated heterocycles. The Labute approximate surface area is 172 Å². The summed E-state index contributed by atoms with van der Waals surface area (Å²) >= 11 is 1.82. The van der Waals surface area contributed by atoms with Crippen LogP contribution < -0.4 is 4.74 Å². The van der Waals surface area contributed by atoms with E-state index in [1.807, 2.05) is 11.3 Å². The molecule has 0 unspecified atom stereocenters. The molecule has 4 rings (SSSR count). The minimum atomic E-state index is 0.285. The molecule has 0 bridgehead atoms. The molecule has 0 aliphatic carbocycles. The smallest absolute Gasteiger partial charge is 0.119 e. The van der Waals surface area contributed by atoms with Gasteiger partial charge in [-0.3, -0.25) is 4.90 Å². The van der Waals surface area contributed by atoms with Crippen LogP contribution in [0.25, 0.3) is 0 Å². The number of rotatable bonds is 7. The monoisotopic (exact) mass is 391 g/mol. The van der Waals surface area contributed by atoms with Crippen molar-refractivity contribution < 1.29 is 4.74 Å². The highest BCUT2D eigenvalue weighted by Crippen LogP contribution is 2.35. The zero-order valence-corrected chi connectivity index (χ0v) is 17.2. The van der Waals surface area contributed by atoms with E-state index >= 15 is 0 Å². The third-order valence-electron chi connectivity index (χ3n) is 5.55. The van der Waals surface area contributed by atoms with Crippen molar-refractivity contribution in [2.24, 2.45) is 0 Å². The Hall–Kier alpha value is -2.10. The normalized spacial score (nSPS) is 16.4. The molecule has 0 N–H and O–H groups in total. The van der Waals surface area contributed by atoms with Gasteiger partial charge in [0.2, 0.25) is 0 Å². The van der Waals surface area contributed by atoms with Crippen LogP contribution in [0.1, 0.15) is 47.6 Å². The predicted octanol–water partition coefficient (Wildman–Crippen LogP) is 6.18. The summed E-state index contributed by atoms with van der Waals surface area (Å²) in [5, 5.41) is 2.16. The van der Waals surface area contributed by atoms with Crippen LogP contribution in [-0.4, -0.2) is 31.1 Å². The Morgan fingerprint density at radius 3 is 2.18 bits per heavy atom. The molecule has 1 aromatic heterocycles. The Kier molecular flexibility index (Phi) is 6.80. The third-order valence-corrected chi connectivity index (χ3v) is 6.49. The molecule has 28 heavy (non-hydrogen) atoms. The van der Waals surface area contributed by atoms with Gasteiger partial charge in [0.1, 0.15) is 12.4 Å². The van der Waals surface area contributed by atoms with Crippen molar-refractivity contribution in [2.75, 3.05) is 26.2 Å². The van der Waals surface area contributed by atoms with Gasteiger partial charge >= 0.3 is 0 Å². The van der Waals surface area contributed by atoms with E-state index in [9.17, 15) is 0 Å². The van der Waals surface area contributed by atoms with Crippen molar-refractivity contribution in [3.8, 4) is 5.75 Å².